The van der Waals surface area contributed by atoms with E-state index in [0.717, 1.165) is 0 Å². The predicted molar refractivity (Wildman–Crippen MR) is 47.9 cm³/mol. The van der Waals surface area contributed by atoms with Gasteiger partial charge in [-0.15, -0.1) is 6.58 Å². The Hall–Kier alpha value is -0.361. The summed E-state index contributed by atoms with van der Waals surface area (Å²) in [5.41, 5.74) is 4.29. The SMILES string of the molecule is C=CCNC(=O)[S-].NC(=O)[S-].[Cu+2]. The summed E-state index contributed by atoms with van der Waals surface area (Å²) in [4.78, 5) is 18.9. The molecule has 4 nitrogen and oxygen atoms in total. The van der Waals surface area contributed by atoms with Gasteiger partial charge in [0.1, 0.15) is 0 Å². The molecule has 0 saturated heterocycles. The number of hydrogen-bond donors (Lipinski definition) is 2. The Balaban J connectivity index is -0.000000142. The molecule has 0 aliphatic heterocycles. The molecule has 0 fully saturated rings. The van der Waals surface area contributed by atoms with Crippen LogP contribution < -0.4 is 11.1 Å². The Labute approximate surface area is 92.6 Å². The van der Waals surface area contributed by atoms with Gasteiger partial charge >= 0.3 is 17.1 Å². The van der Waals surface area contributed by atoms with Crippen LogP contribution in [0.5, 0.6) is 0 Å². The van der Waals surface area contributed by atoms with Crippen LogP contribution in [-0.4, -0.2) is 17.0 Å². The summed E-state index contributed by atoms with van der Waals surface area (Å²) in [5, 5.41) is 1.17. The molecule has 0 aliphatic rings. The number of primary amides is 1. The number of carbonyl (C=O) groups is 2. The monoisotopic (exact) mass is 255 g/mol. The largest absolute Gasteiger partial charge is 2.00 e. The third kappa shape index (κ3) is 54.3. The first-order chi connectivity index (χ1) is 5.00. The van der Waals surface area contributed by atoms with E-state index in [1.165, 1.54) is 0 Å². The Kier molecular flexibility index (Phi) is 19.5. The molecule has 12 heavy (non-hydrogen) atoms. The summed E-state index contributed by atoms with van der Waals surface area (Å²) >= 11 is 7.91. The quantitative estimate of drug-likeness (QED) is 0.415. The zero-order chi connectivity index (χ0) is 9.28. The van der Waals surface area contributed by atoms with Gasteiger partial charge in [-0.05, 0) is 0 Å². The Bertz CT molecular complexity index is 150. The van der Waals surface area contributed by atoms with Crippen LogP contribution in [-0.2, 0) is 42.3 Å². The second kappa shape index (κ2) is 13.2. The molecule has 1 radical (unpaired) electrons. The van der Waals surface area contributed by atoms with Gasteiger partial charge < -0.3 is 45.9 Å². The van der Waals surface area contributed by atoms with Crippen molar-refractivity contribution in [1.29, 1.82) is 0 Å². The Morgan fingerprint density at radius 3 is 1.92 bits per heavy atom. The van der Waals surface area contributed by atoms with Crippen molar-refractivity contribution in [3.63, 3.8) is 0 Å². The van der Waals surface area contributed by atoms with E-state index in [0.29, 0.717) is 6.54 Å². The molecule has 7 heteroatoms. The number of amides is 2. The summed E-state index contributed by atoms with van der Waals surface area (Å²) in [7, 11) is 0. The van der Waals surface area contributed by atoms with Gasteiger partial charge in [0.25, 0.3) is 0 Å². The van der Waals surface area contributed by atoms with Crippen molar-refractivity contribution < 1.29 is 26.7 Å². The fraction of sp³-hybridized carbons (Fsp3) is 0.200. The van der Waals surface area contributed by atoms with Crippen molar-refractivity contribution in [2.24, 2.45) is 5.73 Å². The van der Waals surface area contributed by atoms with Gasteiger partial charge in [0, 0.05) is 6.54 Å². The van der Waals surface area contributed by atoms with Crippen molar-refractivity contribution >= 4 is 35.7 Å². The number of rotatable bonds is 2. The van der Waals surface area contributed by atoms with E-state index in [4.69, 9.17) is 4.79 Å². The molecule has 0 rings (SSSR count). The third-order valence-electron chi connectivity index (χ3n) is 0.391. The van der Waals surface area contributed by atoms with E-state index < -0.39 is 10.5 Å². The third-order valence-corrected chi connectivity index (χ3v) is 0.535. The van der Waals surface area contributed by atoms with Crippen molar-refractivity contribution in [2.75, 3.05) is 6.54 Å². The first kappa shape index (κ1) is 17.7. The fourth-order valence-corrected chi connectivity index (χ4v) is 0.239. The maximum absolute atomic E-state index is 9.86. The molecule has 2 amide bonds. The first-order valence-corrected chi connectivity index (χ1v) is 3.34. The van der Waals surface area contributed by atoms with Crippen LogP contribution in [0.25, 0.3) is 0 Å². The maximum Gasteiger partial charge on any atom is 2.00 e. The van der Waals surface area contributed by atoms with Gasteiger partial charge in [-0.3, -0.25) is 0 Å². The van der Waals surface area contributed by atoms with Gasteiger partial charge in [-0.1, -0.05) is 6.08 Å². The number of hydrogen-bond acceptors (Lipinski definition) is 4. The van der Waals surface area contributed by atoms with Crippen molar-refractivity contribution in [3.8, 4) is 0 Å². The predicted octanol–water partition coefficient (Wildman–Crippen LogP) is 0.0384. The molecule has 0 bridgehead atoms. The molecular weight excluding hydrogens is 248 g/mol. The summed E-state index contributed by atoms with van der Waals surface area (Å²) in [6.07, 6.45) is 1.57. The van der Waals surface area contributed by atoms with E-state index in [2.05, 4.69) is 42.9 Å². The minimum absolute atomic E-state index is 0. The molecule has 0 spiro atoms. The van der Waals surface area contributed by atoms with Gasteiger partial charge in [0.15, 0.2) is 0 Å². The van der Waals surface area contributed by atoms with Crippen LogP contribution in [0.2, 0.25) is 0 Å². The second-order valence-corrected chi connectivity index (χ2v) is 2.05. The molecule has 0 unspecified atom stereocenters. The zero-order valence-corrected chi connectivity index (χ0v) is 8.58. The topological polar surface area (TPSA) is 72.2 Å². The maximum atomic E-state index is 9.86. The van der Waals surface area contributed by atoms with Crippen LogP contribution in [0.1, 0.15) is 0 Å². The molecule has 0 aromatic rings. The Morgan fingerprint density at radius 1 is 1.50 bits per heavy atom. The van der Waals surface area contributed by atoms with E-state index in [1.54, 1.807) is 6.08 Å². The van der Waals surface area contributed by atoms with E-state index in [9.17, 15) is 4.79 Å². The molecule has 0 heterocycles. The van der Waals surface area contributed by atoms with Gasteiger partial charge in [0.2, 0.25) is 0 Å². The average molecular weight is 256 g/mol. The van der Waals surface area contributed by atoms with E-state index >= 15 is 0 Å². The fourth-order valence-electron chi connectivity index (χ4n) is 0.156. The Morgan fingerprint density at radius 2 is 1.83 bits per heavy atom. The number of nitrogens with two attached hydrogens (primary N) is 1. The number of carbonyl (C=O) groups excluding carboxylic acids is 2. The molecule has 0 atom stereocenters. The molecular formula is C5H8CuN2O2S2. The average Bonchev–Trinajstić information content (AvgIpc) is 1.82. The minimum Gasteiger partial charge on any atom is -0.719 e. The van der Waals surface area contributed by atoms with Crippen LogP contribution in [0.4, 0.5) is 9.59 Å². The summed E-state index contributed by atoms with van der Waals surface area (Å²) in [6, 6.07) is 0. The molecule has 3 N–H and O–H groups in total. The number of nitrogens with one attached hydrogen (secondary N) is 1. The van der Waals surface area contributed by atoms with Gasteiger partial charge in [0.05, 0.1) is 10.5 Å². The molecule has 0 aliphatic carbocycles. The minimum atomic E-state index is -0.750. The smallest absolute Gasteiger partial charge is 0.719 e. The first-order valence-electron chi connectivity index (χ1n) is 2.53. The summed E-state index contributed by atoms with van der Waals surface area (Å²) in [6.45, 7) is 3.83. The van der Waals surface area contributed by atoms with Crippen molar-refractivity contribution in [3.05, 3.63) is 12.7 Å². The summed E-state index contributed by atoms with van der Waals surface area (Å²) < 4.78 is 0. The van der Waals surface area contributed by atoms with Crippen molar-refractivity contribution in [1.82, 2.24) is 5.32 Å². The van der Waals surface area contributed by atoms with E-state index in [1.807, 2.05) is 0 Å². The summed E-state index contributed by atoms with van der Waals surface area (Å²) in [5.74, 6) is 0. The van der Waals surface area contributed by atoms with E-state index in [-0.39, 0.29) is 17.1 Å². The molecule has 0 saturated carbocycles. The normalized spacial score (nSPS) is 6.33. The van der Waals surface area contributed by atoms with Crippen molar-refractivity contribution in [2.45, 2.75) is 0 Å². The molecule has 0 aromatic carbocycles. The standard InChI is InChI=1S/C4H7NOS.CH3NOS.Cu/c1-2-3-5-4(6)7;2-1(3)4;/h2H,1,3H2,(H2,5,6,7);(H3,2,3,4);/q;;+2/p-2. The van der Waals surface area contributed by atoms with Gasteiger partial charge in [-0.2, -0.15) is 0 Å². The van der Waals surface area contributed by atoms with Crippen LogP contribution >= 0.6 is 0 Å². The van der Waals surface area contributed by atoms with Crippen LogP contribution in [0, 0.1) is 0 Å². The molecule has 0 aromatic heterocycles. The van der Waals surface area contributed by atoms with Crippen LogP contribution in [0.3, 0.4) is 0 Å². The van der Waals surface area contributed by atoms with Gasteiger partial charge in [-0.25, -0.2) is 0 Å². The van der Waals surface area contributed by atoms with Crippen LogP contribution in [0.15, 0.2) is 12.7 Å². The zero-order valence-electron chi connectivity index (χ0n) is 6.00. The molecule has 73 valence electrons. The second-order valence-electron chi connectivity index (χ2n) is 1.28.